The van der Waals surface area contributed by atoms with Gasteiger partial charge in [-0.15, -0.1) is 0 Å². The highest BCUT2D eigenvalue weighted by atomic mass is 16.2. The van der Waals surface area contributed by atoms with Crippen molar-refractivity contribution in [2.45, 2.75) is 33.2 Å². The van der Waals surface area contributed by atoms with Crippen LogP contribution in [0.2, 0.25) is 0 Å². The number of hydrazine groups is 1. The first kappa shape index (κ1) is 15.0. The average Bonchev–Trinajstić information content (AvgIpc) is 2.35. The van der Waals surface area contributed by atoms with Gasteiger partial charge in [0.25, 0.3) is 11.8 Å². The smallest absolute Gasteiger partial charge is 0.268 e. The van der Waals surface area contributed by atoms with Gasteiger partial charge in [-0.2, -0.15) is 0 Å². The van der Waals surface area contributed by atoms with Crippen LogP contribution in [-0.4, -0.2) is 22.4 Å². The molecular formula is C15H20N2O2. The largest absolute Gasteiger partial charge is 0.272 e. The summed E-state index contributed by atoms with van der Waals surface area (Å²) in [7, 11) is 0. The highest BCUT2D eigenvalue weighted by molar-refractivity contribution is 5.97. The van der Waals surface area contributed by atoms with Crippen LogP contribution in [0.15, 0.2) is 42.5 Å². The maximum Gasteiger partial charge on any atom is 0.272 e. The van der Waals surface area contributed by atoms with Crippen molar-refractivity contribution in [3.8, 4) is 0 Å². The molecule has 4 nitrogen and oxygen atoms in total. The second-order valence-corrected chi connectivity index (χ2v) is 5.15. The molecule has 0 unspecified atom stereocenters. The molecule has 2 amide bonds. The summed E-state index contributed by atoms with van der Waals surface area (Å²) in [5.41, 5.74) is 2.64. The zero-order valence-electron chi connectivity index (χ0n) is 11.8. The van der Waals surface area contributed by atoms with Crippen molar-refractivity contribution in [3.05, 3.63) is 48.0 Å². The van der Waals surface area contributed by atoms with E-state index in [2.05, 4.69) is 5.43 Å². The number of benzene rings is 1. The zero-order valence-corrected chi connectivity index (χ0v) is 11.8. The number of allylic oxidation sites excluding steroid dienone is 1. The van der Waals surface area contributed by atoms with E-state index in [1.165, 1.54) is 11.1 Å². The number of nitrogens with zero attached hydrogens (tertiary/aromatic N) is 1. The number of carbonyl (C=O) groups excluding carboxylic acids is 2. The number of hydrogen-bond donors (Lipinski definition) is 1. The van der Waals surface area contributed by atoms with Crippen LogP contribution in [0.1, 0.15) is 38.1 Å². The number of carbonyl (C=O) groups is 2. The van der Waals surface area contributed by atoms with Crippen molar-refractivity contribution in [3.63, 3.8) is 0 Å². The highest BCUT2D eigenvalue weighted by Gasteiger charge is 2.28. The normalized spacial score (nSPS) is 11.4. The van der Waals surface area contributed by atoms with Crippen LogP contribution in [-0.2, 0) is 4.79 Å². The van der Waals surface area contributed by atoms with Crippen molar-refractivity contribution < 1.29 is 9.59 Å². The first-order valence-corrected chi connectivity index (χ1v) is 6.19. The summed E-state index contributed by atoms with van der Waals surface area (Å²) in [6.07, 6.45) is 3.01. The lowest BCUT2D eigenvalue weighted by molar-refractivity contribution is -0.122. The van der Waals surface area contributed by atoms with Crippen molar-refractivity contribution in [2.24, 2.45) is 0 Å². The van der Waals surface area contributed by atoms with Gasteiger partial charge in [0.2, 0.25) is 0 Å². The summed E-state index contributed by atoms with van der Waals surface area (Å²) in [4.78, 5) is 24.1. The SMILES string of the molecule is C/C=C\C(=O)NN(C(=O)c1ccccc1)C(C)(C)C. The van der Waals surface area contributed by atoms with Crippen molar-refractivity contribution >= 4 is 11.8 Å². The molecule has 0 heterocycles. The van der Waals surface area contributed by atoms with Gasteiger partial charge in [0, 0.05) is 11.6 Å². The minimum Gasteiger partial charge on any atom is -0.268 e. The van der Waals surface area contributed by atoms with E-state index < -0.39 is 5.54 Å². The predicted molar refractivity (Wildman–Crippen MR) is 75.3 cm³/mol. The Morgan fingerprint density at radius 1 is 1.16 bits per heavy atom. The van der Waals surface area contributed by atoms with Crippen molar-refractivity contribution in [2.75, 3.05) is 0 Å². The van der Waals surface area contributed by atoms with Gasteiger partial charge in [0.15, 0.2) is 0 Å². The first-order valence-electron chi connectivity index (χ1n) is 6.19. The number of amides is 2. The first-order chi connectivity index (χ1) is 8.86. The molecule has 0 aliphatic carbocycles. The Labute approximate surface area is 114 Å². The Bertz CT molecular complexity index is 473. The molecule has 1 rings (SSSR count). The summed E-state index contributed by atoms with van der Waals surface area (Å²) in [5, 5.41) is 1.35. The van der Waals surface area contributed by atoms with E-state index in [0.717, 1.165) is 0 Å². The van der Waals surface area contributed by atoms with Gasteiger partial charge in [0.05, 0.1) is 5.54 Å². The molecule has 0 aliphatic rings. The molecule has 19 heavy (non-hydrogen) atoms. The minimum atomic E-state index is -0.510. The van der Waals surface area contributed by atoms with E-state index in [4.69, 9.17) is 0 Å². The standard InChI is InChI=1S/C15H20N2O2/c1-5-9-13(18)16-17(15(2,3)4)14(19)12-10-7-6-8-11-12/h5-11H,1-4H3,(H,16,18)/b9-5-. The van der Waals surface area contributed by atoms with Crippen LogP contribution in [0.25, 0.3) is 0 Å². The van der Waals surface area contributed by atoms with Crippen LogP contribution in [0.4, 0.5) is 0 Å². The quantitative estimate of drug-likeness (QED) is 0.656. The fourth-order valence-electron chi connectivity index (χ4n) is 1.53. The molecule has 102 valence electrons. The second kappa shape index (κ2) is 6.18. The number of hydrogen-bond acceptors (Lipinski definition) is 2. The Hall–Kier alpha value is -2.10. The van der Waals surface area contributed by atoms with Crippen molar-refractivity contribution in [1.82, 2.24) is 10.4 Å². The molecule has 1 aromatic rings. The van der Waals surface area contributed by atoms with Gasteiger partial charge in [-0.05, 0) is 39.8 Å². The van der Waals surface area contributed by atoms with Crippen LogP contribution >= 0.6 is 0 Å². The van der Waals surface area contributed by atoms with Gasteiger partial charge in [0.1, 0.15) is 0 Å². The molecule has 0 radical (unpaired) electrons. The molecule has 0 atom stereocenters. The van der Waals surface area contributed by atoms with Crippen LogP contribution in [0.5, 0.6) is 0 Å². The molecular weight excluding hydrogens is 240 g/mol. The van der Waals surface area contributed by atoms with E-state index in [-0.39, 0.29) is 11.8 Å². The van der Waals surface area contributed by atoms with E-state index in [1.54, 1.807) is 37.3 Å². The number of nitrogens with one attached hydrogen (secondary N) is 1. The summed E-state index contributed by atoms with van der Waals surface area (Å²) in [6, 6.07) is 8.88. The molecule has 0 fully saturated rings. The van der Waals surface area contributed by atoms with Gasteiger partial charge in [-0.1, -0.05) is 24.3 Å². The summed E-state index contributed by atoms with van der Waals surface area (Å²) >= 11 is 0. The average molecular weight is 260 g/mol. The van der Waals surface area contributed by atoms with Gasteiger partial charge < -0.3 is 0 Å². The Morgan fingerprint density at radius 3 is 2.21 bits per heavy atom. The lowest BCUT2D eigenvalue weighted by atomic mass is 10.1. The van der Waals surface area contributed by atoms with Gasteiger partial charge in [-0.25, -0.2) is 5.01 Å². The monoisotopic (exact) mass is 260 g/mol. The minimum absolute atomic E-state index is 0.231. The Kier molecular flexibility index (Phi) is 4.87. The lowest BCUT2D eigenvalue weighted by Gasteiger charge is -2.35. The fraction of sp³-hybridized carbons (Fsp3) is 0.333. The zero-order chi connectivity index (χ0) is 14.5. The Morgan fingerprint density at radius 2 is 1.74 bits per heavy atom. The third-order valence-corrected chi connectivity index (χ3v) is 2.43. The molecule has 0 spiro atoms. The van der Waals surface area contributed by atoms with Gasteiger partial charge in [-0.3, -0.25) is 15.0 Å². The predicted octanol–water partition coefficient (Wildman–Crippen LogP) is 2.53. The molecule has 1 N–H and O–H groups in total. The molecule has 0 saturated heterocycles. The molecule has 0 saturated carbocycles. The Balaban J connectivity index is 2.99. The van der Waals surface area contributed by atoms with E-state index >= 15 is 0 Å². The number of rotatable bonds is 2. The maximum absolute atomic E-state index is 12.4. The van der Waals surface area contributed by atoms with E-state index in [9.17, 15) is 9.59 Å². The van der Waals surface area contributed by atoms with Crippen LogP contribution in [0, 0.1) is 0 Å². The second-order valence-electron chi connectivity index (χ2n) is 5.15. The highest BCUT2D eigenvalue weighted by Crippen LogP contribution is 2.14. The van der Waals surface area contributed by atoms with Gasteiger partial charge >= 0.3 is 0 Å². The topological polar surface area (TPSA) is 49.4 Å². The third kappa shape index (κ3) is 4.25. The maximum atomic E-state index is 12.4. The summed E-state index contributed by atoms with van der Waals surface area (Å²) in [5.74, 6) is -0.548. The fourth-order valence-corrected chi connectivity index (χ4v) is 1.53. The molecule has 4 heteroatoms. The van der Waals surface area contributed by atoms with E-state index in [0.29, 0.717) is 5.56 Å². The lowest BCUT2D eigenvalue weighted by Crippen LogP contribution is -2.55. The molecule has 0 bridgehead atoms. The third-order valence-electron chi connectivity index (χ3n) is 2.43. The molecule has 1 aromatic carbocycles. The molecule has 0 aliphatic heterocycles. The van der Waals surface area contributed by atoms with Crippen molar-refractivity contribution in [1.29, 1.82) is 0 Å². The summed E-state index contributed by atoms with van der Waals surface area (Å²) < 4.78 is 0. The van der Waals surface area contributed by atoms with E-state index in [1.807, 2.05) is 26.8 Å². The van der Waals surface area contributed by atoms with Crippen LogP contribution in [0.3, 0.4) is 0 Å². The summed E-state index contributed by atoms with van der Waals surface area (Å²) in [6.45, 7) is 7.34. The molecule has 0 aromatic heterocycles. The van der Waals surface area contributed by atoms with Crippen LogP contribution < -0.4 is 5.43 Å².